The van der Waals surface area contributed by atoms with Crippen molar-refractivity contribution in [3.63, 3.8) is 0 Å². The average molecular weight is 446 g/mol. The predicted molar refractivity (Wildman–Crippen MR) is 119 cm³/mol. The van der Waals surface area contributed by atoms with Crippen molar-refractivity contribution in [2.45, 2.75) is 39.2 Å². The average Bonchev–Trinajstić information content (AvgIpc) is 3.21. The highest BCUT2D eigenvalue weighted by Crippen LogP contribution is 2.23. The van der Waals surface area contributed by atoms with Crippen molar-refractivity contribution in [1.82, 2.24) is 14.5 Å². The Balaban J connectivity index is 1.72. The van der Waals surface area contributed by atoms with E-state index < -0.39 is 11.2 Å². The predicted octanol–water partition coefficient (Wildman–Crippen LogP) is 2.82. The van der Waals surface area contributed by atoms with Gasteiger partial charge >= 0.3 is 5.69 Å². The molecule has 2 heterocycles. The lowest BCUT2D eigenvalue weighted by Gasteiger charge is -2.20. The minimum atomic E-state index is -0.702. The summed E-state index contributed by atoms with van der Waals surface area (Å²) in [6.07, 6.45) is 3.43. The maximum atomic E-state index is 12.7. The number of nitrogen functional groups attached to an aromatic ring is 1. The standard InChI is InChI=1S/C21H24ClN5O4/c1-3-4-11-27-19(23)18(20(29)25-21(27)30)26(2)17(28)10-9-16-24-12-15(31-16)13-5-7-14(22)8-6-13/h5-8,12H,3-4,9-11,23H2,1-2H3,(H,25,29,30). The molecular weight excluding hydrogens is 422 g/mol. The van der Waals surface area contributed by atoms with Crippen LogP contribution in [0.15, 0.2) is 44.5 Å². The molecule has 3 aromatic rings. The second-order valence-electron chi connectivity index (χ2n) is 7.08. The van der Waals surface area contributed by atoms with Gasteiger partial charge in [0, 0.05) is 37.0 Å². The molecule has 9 nitrogen and oxygen atoms in total. The van der Waals surface area contributed by atoms with E-state index in [0.29, 0.717) is 29.6 Å². The lowest BCUT2D eigenvalue weighted by molar-refractivity contribution is -0.118. The number of oxazole rings is 1. The number of nitrogens with two attached hydrogens (primary N) is 1. The largest absolute Gasteiger partial charge is 0.441 e. The van der Waals surface area contributed by atoms with Crippen LogP contribution in [0, 0.1) is 0 Å². The number of aryl methyl sites for hydroxylation is 1. The number of hydrogen-bond acceptors (Lipinski definition) is 6. The number of halogens is 1. The van der Waals surface area contributed by atoms with Crippen LogP contribution < -0.4 is 21.9 Å². The van der Waals surface area contributed by atoms with Gasteiger partial charge in [-0.2, -0.15) is 0 Å². The molecule has 0 saturated carbocycles. The van der Waals surface area contributed by atoms with Crippen molar-refractivity contribution < 1.29 is 9.21 Å². The molecule has 10 heteroatoms. The molecule has 1 amide bonds. The van der Waals surface area contributed by atoms with Crippen LogP contribution in [-0.2, 0) is 17.8 Å². The molecule has 0 aliphatic heterocycles. The summed E-state index contributed by atoms with van der Waals surface area (Å²) in [5.41, 5.74) is 5.54. The number of carbonyl (C=O) groups is 1. The van der Waals surface area contributed by atoms with Crippen molar-refractivity contribution in [3.05, 3.63) is 62.2 Å². The van der Waals surface area contributed by atoms with Crippen molar-refractivity contribution in [2.24, 2.45) is 0 Å². The van der Waals surface area contributed by atoms with Gasteiger partial charge in [0.1, 0.15) is 5.82 Å². The first-order valence-electron chi connectivity index (χ1n) is 9.91. The van der Waals surface area contributed by atoms with Gasteiger partial charge in [0.05, 0.1) is 6.20 Å². The van der Waals surface area contributed by atoms with E-state index in [1.165, 1.54) is 16.5 Å². The fraction of sp³-hybridized carbons (Fsp3) is 0.333. The fourth-order valence-corrected chi connectivity index (χ4v) is 3.25. The lowest BCUT2D eigenvalue weighted by Crippen LogP contribution is -2.39. The van der Waals surface area contributed by atoms with Crippen LogP contribution >= 0.6 is 11.6 Å². The zero-order valence-corrected chi connectivity index (χ0v) is 18.1. The lowest BCUT2D eigenvalue weighted by atomic mass is 10.2. The minimum Gasteiger partial charge on any atom is -0.441 e. The molecule has 0 unspecified atom stereocenters. The number of aromatic nitrogens is 3. The Morgan fingerprint density at radius 2 is 2.00 bits per heavy atom. The molecule has 3 N–H and O–H groups in total. The maximum Gasteiger partial charge on any atom is 0.330 e. The Labute approximate surface area is 183 Å². The molecule has 3 rings (SSSR count). The number of unbranched alkanes of at least 4 members (excludes halogenated alkanes) is 1. The highest BCUT2D eigenvalue weighted by atomic mass is 35.5. The van der Waals surface area contributed by atoms with Crippen molar-refractivity contribution >= 4 is 29.0 Å². The third-order valence-electron chi connectivity index (χ3n) is 4.89. The molecular formula is C21H24ClN5O4. The van der Waals surface area contributed by atoms with Crippen LogP contribution in [0.1, 0.15) is 32.1 Å². The van der Waals surface area contributed by atoms with Crippen molar-refractivity contribution in [2.75, 3.05) is 17.7 Å². The molecule has 0 fully saturated rings. The number of nitrogens with zero attached hydrogens (tertiary/aromatic N) is 3. The van der Waals surface area contributed by atoms with Crippen LogP contribution in [0.3, 0.4) is 0 Å². The monoisotopic (exact) mass is 445 g/mol. The van der Waals surface area contributed by atoms with Gasteiger partial charge in [-0.25, -0.2) is 9.78 Å². The van der Waals surface area contributed by atoms with Crippen LogP contribution in [0.4, 0.5) is 11.5 Å². The summed E-state index contributed by atoms with van der Waals surface area (Å²) in [7, 11) is 1.45. The zero-order valence-electron chi connectivity index (χ0n) is 17.4. The Morgan fingerprint density at radius 1 is 1.29 bits per heavy atom. The number of anilines is 2. The smallest absolute Gasteiger partial charge is 0.330 e. The molecule has 0 atom stereocenters. The molecule has 0 saturated heterocycles. The summed E-state index contributed by atoms with van der Waals surface area (Å²) in [6, 6.07) is 7.13. The number of rotatable bonds is 8. The summed E-state index contributed by atoms with van der Waals surface area (Å²) in [4.78, 5) is 44.7. The fourth-order valence-electron chi connectivity index (χ4n) is 3.12. The molecule has 0 bridgehead atoms. The molecule has 164 valence electrons. The van der Waals surface area contributed by atoms with Gasteiger partial charge in [-0.1, -0.05) is 24.9 Å². The van der Waals surface area contributed by atoms with Crippen molar-refractivity contribution in [3.8, 4) is 11.3 Å². The number of benzene rings is 1. The molecule has 2 aromatic heterocycles. The third kappa shape index (κ3) is 5.05. The second-order valence-corrected chi connectivity index (χ2v) is 7.51. The first-order valence-corrected chi connectivity index (χ1v) is 10.3. The van der Waals surface area contributed by atoms with Gasteiger partial charge in [-0.3, -0.25) is 19.1 Å². The number of carbonyl (C=O) groups excluding carboxylic acids is 1. The van der Waals surface area contributed by atoms with Gasteiger partial charge in [0.2, 0.25) is 5.91 Å². The number of H-pyrrole nitrogens is 1. The summed E-state index contributed by atoms with van der Waals surface area (Å²) in [5, 5.41) is 0.618. The van der Waals surface area contributed by atoms with E-state index in [9.17, 15) is 14.4 Å². The number of amides is 1. The molecule has 0 spiro atoms. The summed E-state index contributed by atoms with van der Waals surface area (Å²) >= 11 is 5.89. The van der Waals surface area contributed by atoms with Gasteiger partial charge in [0.25, 0.3) is 5.56 Å². The minimum absolute atomic E-state index is 0.0285. The number of hydrogen-bond donors (Lipinski definition) is 2. The van der Waals surface area contributed by atoms with Crippen LogP contribution in [-0.4, -0.2) is 27.5 Å². The first kappa shape index (κ1) is 22.4. The summed E-state index contributed by atoms with van der Waals surface area (Å²) < 4.78 is 6.98. The Hall–Kier alpha value is -3.33. The molecule has 0 radical (unpaired) electrons. The molecule has 1 aromatic carbocycles. The van der Waals surface area contributed by atoms with E-state index in [1.807, 2.05) is 19.1 Å². The molecule has 0 aliphatic rings. The Kier molecular flexibility index (Phi) is 6.96. The number of aromatic amines is 1. The summed E-state index contributed by atoms with van der Waals surface area (Å²) in [6.45, 7) is 2.33. The van der Waals surface area contributed by atoms with Gasteiger partial charge < -0.3 is 15.1 Å². The third-order valence-corrected chi connectivity index (χ3v) is 5.15. The van der Waals surface area contributed by atoms with Gasteiger partial charge in [-0.05, 0) is 30.7 Å². The van der Waals surface area contributed by atoms with Crippen LogP contribution in [0.2, 0.25) is 5.02 Å². The zero-order chi connectivity index (χ0) is 22.5. The van der Waals surface area contributed by atoms with E-state index in [4.69, 9.17) is 21.8 Å². The SMILES string of the molecule is CCCCn1c(N)c(N(C)C(=O)CCc2ncc(-c3ccc(Cl)cc3)o2)c(=O)[nH]c1=O. The highest BCUT2D eigenvalue weighted by molar-refractivity contribution is 6.30. The van der Waals surface area contributed by atoms with Crippen LogP contribution in [0.5, 0.6) is 0 Å². The highest BCUT2D eigenvalue weighted by Gasteiger charge is 2.21. The Morgan fingerprint density at radius 3 is 2.68 bits per heavy atom. The Bertz CT molecular complexity index is 1180. The molecule has 31 heavy (non-hydrogen) atoms. The van der Waals surface area contributed by atoms with E-state index in [2.05, 4.69) is 9.97 Å². The quantitative estimate of drug-likeness (QED) is 0.548. The van der Waals surface area contributed by atoms with Gasteiger partial charge in [0.15, 0.2) is 17.3 Å². The van der Waals surface area contributed by atoms with Crippen molar-refractivity contribution in [1.29, 1.82) is 0 Å². The van der Waals surface area contributed by atoms with E-state index >= 15 is 0 Å². The number of nitrogens with one attached hydrogen (secondary N) is 1. The van der Waals surface area contributed by atoms with E-state index in [0.717, 1.165) is 12.0 Å². The maximum absolute atomic E-state index is 12.7. The normalized spacial score (nSPS) is 10.9. The topological polar surface area (TPSA) is 127 Å². The second kappa shape index (κ2) is 9.65. The first-order chi connectivity index (χ1) is 14.8. The summed E-state index contributed by atoms with van der Waals surface area (Å²) in [5.74, 6) is 0.570. The van der Waals surface area contributed by atoms with Crippen LogP contribution in [0.25, 0.3) is 11.3 Å². The van der Waals surface area contributed by atoms with Gasteiger partial charge in [-0.15, -0.1) is 0 Å². The van der Waals surface area contributed by atoms with E-state index in [-0.39, 0.29) is 30.3 Å². The molecule has 0 aliphatic carbocycles. The van der Waals surface area contributed by atoms with E-state index in [1.54, 1.807) is 18.3 Å².